The highest BCUT2D eigenvalue weighted by Crippen LogP contribution is 2.25. The highest BCUT2D eigenvalue weighted by atomic mass is 35.5. The van der Waals surface area contributed by atoms with Gasteiger partial charge in [0.25, 0.3) is 0 Å². The second-order valence-corrected chi connectivity index (χ2v) is 6.37. The monoisotopic (exact) mass is 296 g/mol. The molecule has 6 heteroatoms. The van der Waals surface area contributed by atoms with Crippen LogP contribution in [0.2, 0.25) is 5.02 Å². The van der Waals surface area contributed by atoms with Gasteiger partial charge in [-0.05, 0) is 51.7 Å². The van der Waals surface area contributed by atoms with E-state index in [-0.39, 0.29) is 7.48 Å². The highest BCUT2D eigenvalue weighted by Gasteiger charge is 2.36. The van der Waals surface area contributed by atoms with Crippen LogP contribution in [-0.4, -0.2) is 30.0 Å². The van der Waals surface area contributed by atoms with Crippen molar-refractivity contribution in [2.45, 2.75) is 45.8 Å². The van der Waals surface area contributed by atoms with Crippen LogP contribution in [0, 0.1) is 12.3 Å². The van der Waals surface area contributed by atoms with E-state index in [4.69, 9.17) is 27.4 Å². The molecule has 0 amide bonds. The number of rotatable bonds is 5. The molecule has 4 nitrogen and oxygen atoms in total. The lowest BCUT2D eigenvalue weighted by Crippen LogP contribution is -2.49. The Morgan fingerprint density at radius 1 is 1.40 bits per heavy atom. The maximum absolute atomic E-state index is 10.1. The smallest absolute Gasteiger partial charge is 0.311 e. The third kappa shape index (κ3) is 3.34. The van der Waals surface area contributed by atoms with Gasteiger partial charge in [-0.3, -0.25) is 0 Å². The molecule has 1 rings (SSSR count). The van der Waals surface area contributed by atoms with Crippen molar-refractivity contribution < 1.29 is 9.76 Å². The number of halogens is 1. The number of nitrogens with two attached hydrogens (primary N) is 1. The lowest BCUT2D eigenvalue weighted by atomic mass is 9.79. The quantitative estimate of drug-likeness (QED) is 0.440. The molecule has 20 heavy (non-hydrogen) atoms. The number of nitrogen functional groups attached to an aromatic ring is 1. The molecule has 0 spiro atoms. The van der Waals surface area contributed by atoms with E-state index in [1.807, 2.05) is 20.8 Å². The zero-order valence-corrected chi connectivity index (χ0v) is 13.4. The summed E-state index contributed by atoms with van der Waals surface area (Å²) in [6.45, 7) is 8.86. The van der Waals surface area contributed by atoms with Crippen molar-refractivity contribution in [1.29, 1.82) is 5.41 Å². The van der Waals surface area contributed by atoms with Gasteiger partial charge < -0.3 is 20.9 Å². The van der Waals surface area contributed by atoms with Gasteiger partial charge in [0.05, 0.1) is 11.2 Å². The Kier molecular flexibility index (Phi) is 4.90. The topological polar surface area (TPSA) is 79.3 Å². The predicted octanol–water partition coefficient (Wildman–Crippen LogP) is 1.77. The van der Waals surface area contributed by atoms with Gasteiger partial charge in [-0.25, -0.2) is 0 Å². The van der Waals surface area contributed by atoms with E-state index >= 15 is 0 Å². The summed E-state index contributed by atoms with van der Waals surface area (Å²) in [5.74, 6) is 0. The van der Waals surface area contributed by atoms with Crippen molar-refractivity contribution in [3.8, 4) is 0 Å². The minimum atomic E-state index is -1.00. The third-order valence-electron chi connectivity index (χ3n) is 3.81. The maximum Gasteiger partial charge on any atom is 0.311 e. The number of benzene rings is 1. The summed E-state index contributed by atoms with van der Waals surface area (Å²) in [6.07, 6.45) is 1.18. The Hall–Kier alpha value is -1.04. The lowest BCUT2D eigenvalue weighted by molar-refractivity contribution is -0.0893. The number of hydrogen-bond donors (Lipinski definition) is 3. The molecular formula is C14H22BClN2O2. The van der Waals surface area contributed by atoms with Gasteiger partial charge in [0, 0.05) is 22.5 Å². The molecule has 0 heterocycles. The van der Waals surface area contributed by atoms with Crippen LogP contribution < -0.4 is 11.2 Å². The number of nitrogens with one attached hydrogen (secondary N) is 1. The van der Waals surface area contributed by atoms with Gasteiger partial charge >= 0.3 is 7.48 Å². The SMILES string of the molecule is Cc1cc(N)c(C=N)c(BOC(C)(C)C(C)(C)O)c1Cl. The molecule has 0 atom stereocenters. The summed E-state index contributed by atoms with van der Waals surface area (Å²) in [6, 6.07) is 1.74. The van der Waals surface area contributed by atoms with Crippen LogP contribution in [0.15, 0.2) is 6.07 Å². The largest absolute Gasteiger partial charge is 0.427 e. The molecule has 0 radical (unpaired) electrons. The molecule has 4 N–H and O–H groups in total. The van der Waals surface area contributed by atoms with Gasteiger partial charge in [0.1, 0.15) is 0 Å². The van der Waals surface area contributed by atoms with Crippen molar-refractivity contribution in [3.63, 3.8) is 0 Å². The fourth-order valence-electron chi connectivity index (χ4n) is 1.65. The summed E-state index contributed by atoms with van der Waals surface area (Å²) < 4.78 is 5.82. The molecule has 1 aromatic carbocycles. The van der Waals surface area contributed by atoms with Crippen molar-refractivity contribution in [2.75, 3.05) is 5.73 Å². The zero-order chi connectivity index (χ0) is 15.7. The van der Waals surface area contributed by atoms with Crippen LogP contribution in [0.4, 0.5) is 5.69 Å². The van der Waals surface area contributed by atoms with Crippen molar-refractivity contribution in [3.05, 3.63) is 22.2 Å². The van der Waals surface area contributed by atoms with E-state index in [1.54, 1.807) is 19.9 Å². The first-order valence-electron chi connectivity index (χ1n) is 6.45. The highest BCUT2D eigenvalue weighted by molar-refractivity contribution is 6.56. The van der Waals surface area contributed by atoms with Crippen molar-refractivity contribution in [2.24, 2.45) is 0 Å². The fourth-order valence-corrected chi connectivity index (χ4v) is 1.86. The Balaban J connectivity index is 3.13. The van der Waals surface area contributed by atoms with Gasteiger partial charge in [-0.15, -0.1) is 0 Å². The van der Waals surface area contributed by atoms with Crippen LogP contribution in [0.3, 0.4) is 0 Å². The van der Waals surface area contributed by atoms with Crippen LogP contribution >= 0.6 is 11.6 Å². The van der Waals surface area contributed by atoms with Crippen LogP contribution in [0.1, 0.15) is 38.8 Å². The Morgan fingerprint density at radius 2 is 1.95 bits per heavy atom. The van der Waals surface area contributed by atoms with Crippen molar-refractivity contribution >= 4 is 36.4 Å². The summed E-state index contributed by atoms with van der Waals surface area (Å²) in [5.41, 5.74) is 6.74. The molecule has 0 saturated carbocycles. The molecular weight excluding hydrogens is 274 g/mol. The number of aliphatic hydroxyl groups is 1. The van der Waals surface area contributed by atoms with Crippen LogP contribution in [0.25, 0.3) is 0 Å². The summed E-state index contributed by atoms with van der Waals surface area (Å²) >= 11 is 6.29. The Morgan fingerprint density at radius 3 is 2.40 bits per heavy atom. The molecule has 110 valence electrons. The Bertz CT molecular complexity index is 525. The lowest BCUT2D eigenvalue weighted by Gasteiger charge is -2.37. The van der Waals surface area contributed by atoms with Crippen LogP contribution in [-0.2, 0) is 4.65 Å². The van der Waals surface area contributed by atoms with E-state index in [9.17, 15) is 5.11 Å². The second-order valence-electron chi connectivity index (χ2n) is 5.99. The van der Waals surface area contributed by atoms with E-state index in [0.717, 1.165) is 5.56 Å². The maximum atomic E-state index is 10.1. The minimum Gasteiger partial charge on any atom is -0.427 e. The predicted molar refractivity (Wildman–Crippen MR) is 86.7 cm³/mol. The molecule has 0 unspecified atom stereocenters. The van der Waals surface area contributed by atoms with Gasteiger partial charge in [0.15, 0.2) is 0 Å². The van der Waals surface area contributed by atoms with Crippen molar-refractivity contribution in [1.82, 2.24) is 0 Å². The second kappa shape index (κ2) is 5.76. The molecule has 0 aromatic heterocycles. The molecule has 0 bridgehead atoms. The van der Waals surface area contributed by atoms with E-state index in [0.29, 0.717) is 21.7 Å². The number of aryl methyl sites for hydroxylation is 1. The molecule has 0 fully saturated rings. The summed E-state index contributed by atoms with van der Waals surface area (Å²) in [4.78, 5) is 0. The number of anilines is 1. The molecule has 0 saturated heterocycles. The average Bonchev–Trinajstić information content (AvgIpc) is 2.30. The van der Waals surface area contributed by atoms with E-state index in [2.05, 4.69) is 0 Å². The summed E-state index contributed by atoms with van der Waals surface area (Å²) in [5, 5.41) is 18.1. The average molecular weight is 297 g/mol. The van der Waals surface area contributed by atoms with Gasteiger partial charge in [-0.1, -0.05) is 11.6 Å². The first-order valence-corrected chi connectivity index (χ1v) is 6.83. The Labute approximate surface area is 126 Å². The molecule has 0 aliphatic rings. The molecule has 1 aromatic rings. The minimum absolute atomic E-state index is 0.187. The fraction of sp³-hybridized carbons (Fsp3) is 0.500. The van der Waals surface area contributed by atoms with E-state index < -0.39 is 11.2 Å². The van der Waals surface area contributed by atoms with Gasteiger partial charge in [0.2, 0.25) is 0 Å². The first-order chi connectivity index (χ1) is 9.01. The van der Waals surface area contributed by atoms with Gasteiger partial charge in [-0.2, -0.15) is 0 Å². The molecule has 0 aliphatic heterocycles. The third-order valence-corrected chi connectivity index (χ3v) is 4.34. The zero-order valence-electron chi connectivity index (χ0n) is 12.7. The normalized spacial score (nSPS) is 12.3. The van der Waals surface area contributed by atoms with Crippen LogP contribution in [0.5, 0.6) is 0 Å². The first kappa shape index (κ1) is 17.0. The number of hydrogen-bond acceptors (Lipinski definition) is 4. The molecule has 0 aliphatic carbocycles. The standard InChI is InChI=1S/C14H22BClN2O2/c1-8-6-10(18)9(7-17)11(12(8)16)15-20-14(4,5)13(2,3)19/h6-7,15,17,19H,18H2,1-5H3. The van der Waals surface area contributed by atoms with E-state index in [1.165, 1.54) is 6.21 Å². The summed E-state index contributed by atoms with van der Waals surface area (Å²) in [7, 11) is 0.187.